The first-order valence-electron chi connectivity index (χ1n) is 10.1. The standard InChI is InChI=1S/C22H28N2O5S/c1-4-28-20-14-11-17(15-21(20)30(26,27)24(2)3)23-22(25)16-9-12-19(13-10-16)29-18-7-5-6-8-18/h9-15,18H,4-8H2,1-3H3,(H,23,25). The van der Waals surface area contributed by atoms with Crippen molar-refractivity contribution in [2.75, 3.05) is 26.0 Å². The van der Waals surface area contributed by atoms with Crippen LogP contribution in [0.3, 0.4) is 0 Å². The summed E-state index contributed by atoms with van der Waals surface area (Å²) in [4.78, 5) is 12.6. The van der Waals surface area contributed by atoms with Crippen LogP contribution in [0.4, 0.5) is 5.69 Å². The van der Waals surface area contributed by atoms with Gasteiger partial charge in [0.25, 0.3) is 5.91 Å². The van der Waals surface area contributed by atoms with Crippen LogP contribution in [0.15, 0.2) is 47.4 Å². The van der Waals surface area contributed by atoms with Crippen LogP contribution in [0.1, 0.15) is 43.0 Å². The van der Waals surface area contributed by atoms with Crippen molar-refractivity contribution in [3.05, 3.63) is 48.0 Å². The molecule has 0 unspecified atom stereocenters. The lowest BCUT2D eigenvalue weighted by Gasteiger charge is -2.17. The molecular weight excluding hydrogens is 404 g/mol. The van der Waals surface area contributed by atoms with Gasteiger partial charge < -0.3 is 14.8 Å². The van der Waals surface area contributed by atoms with E-state index in [-0.39, 0.29) is 22.7 Å². The third-order valence-electron chi connectivity index (χ3n) is 4.98. The molecule has 1 amide bonds. The first kappa shape index (κ1) is 22.1. The number of ether oxygens (including phenoxy) is 2. The molecule has 0 heterocycles. The molecule has 0 spiro atoms. The third-order valence-corrected chi connectivity index (χ3v) is 6.82. The van der Waals surface area contributed by atoms with E-state index in [4.69, 9.17) is 9.47 Å². The number of carbonyl (C=O) groups excluding carboxylic acids is 1. The smallest absolute Gasteiger partial charge is 0.255 e. The molecule has 30 heavy (non-hydrogen) atoms. The van der Waals surface area contributed by atoms with Gasteiger partial charge in [0.05, 0.1) is 12.7 Å². The van der Waals surface area contributed by atoms with Crippen molar-refractivity contribution in [2.45, 2.75) is 43.6 Å². The highest BCUT2D eigenvalue weighted by atomic mass is 32.2. The molecule has 1 saturated carbocycles. The fourth-order valence-corrected chi connectivity index (χ4v) is 4.40. The van der Waals surface area contributed by atoms with Crippen molar-refractivity contribution in [3.8, 4) is 11.5 Å². The monoisotopic (exact) mass is 432 g/mol. The van der Waals surface area contributed by atoms with E-state index >= 15 is 0 Å². The number of anilines is 1. The average molecular weight is 433 g/mol. The summed E-state index contributed by atoms with van der Waals surface area (Å²) in [6.45, 7) is 2.11. The van der Waals surface area contributed by atoms with E-state index in [0.29, 0.717) is 17.9 Å². The summed E-state index contributed by atoms with van der Waals surface area (Å²) in [6, 6.07) is 11.6. The fraction of sp³-hybridized carbons (Fsp3) is 0.409. The Hall–Kier alpha value is -2.58. The lowest BCUT2D eigenvalue weighted by molar-refractivity contribution is 0.102. The van der Waals surface area contributed by atoms with Crippen LogP contribution in [0.2, 0.25) is 0 Å². The van der Waals surface area contributed by atoms with Crippen LogP contribution < -0.4 is 14.8 Å². The number of rotatable bonds is 8. The number of sulfonamides is 1. The number of hydrogen-bond donors (Lipinski definition) is 1. The van der Waals surface area contributed by atoms with E-state index in [1.165, 1.54) is 33.0 Å². The molecular formula is C22H28N2O5S. The Balaban J connectivity index is 1.75. The lowest BCUT2D eigenvalue weighted by atomic mass is 10.2. The fourth-order valence-electron chi connectivity index (χ4n) is 3.35. The van der Waals surface area contributed by atoms with E-state index in [0.717, 1.165) is 22.9 Å². The van der Waals surface area contributed by atoms with Gasteiger partial charge in [-0.25, -0.2) is 12.7 Å². The van der Waals surface area contributed by atoms with Crippen molar-refractivity contribution < 1.29 is 22.7 Å². The van der Waals surface area contributed by atoms with Gasteiger partial charge in [0.1, 0.15) is 16.4 Å². The minimum atomic E-state index is -3.73. The molecule has 162 valence electrons. The average Bonchev–Trinajstić information content (AvgIpc) is 3.22. The predicted octanol–water partition coefficient (Wildman–Crippen LogP) is 3.91. The van der Waals surface area contributed by atoms with Crippen LogP contribution in [-0.4, -0.2) is 45.4 Å². The lowest BCUT2D eigenvalue weighted by Crippen LogP contribution is -2.23. The van der Waals surface area contributed by atoms with Crippen LogP contribution >= 0.6 is 0 Å². The van der Waals surface area contributed by atoms with Crippen LogP contribution in [0.25, 0.3) is 0 Å². The van der Waals surface area contributed by atoms with Gasteiger partial charge in [0, 0.05) is 25.3 Å². The zero-order valence-electron chi connectivity index (χ0n) is 17.6. The topological polar surface area (TPSA) is 84.9 Å². The molecule has 1 aliphatic carbocycles. The molecule has 2 aromatic rings. The minimum absolute atomic E-state index is 0.00691. The van der Waals surface area contributed by atoms with Gasteiger partial charge in [0.15, 0.2) is 0 Å². The van der Waals surface area contributed by atoms with Crippen molar-refractivity contribution in [2.24, 2.45) is 0 Å². The second-order valence-corrected chi connectivity index (χ2v) is 9.51. The number of carbonyl (C=O) groups is 1. The Morgan fingerprint density at radius 1 is 1.10 bits per heavy atom. The molecule has 0 bridgehead atoms. The predicted molar refractivity (Wildman–Crippen MR) is 116 cm³/mol. The molecule has 0 saturated heterocycles. The summed E-state index contributed by atoms with van der Waals surface area (Å²) in [5.74, 6) is 0.663. The van der Waals surface area contributed by atoms with Crippen molar-refractivity contribution in [3.63, 3.8) is 0 Å². The van der Waals surface area contributed by atoms with Gasteiger partial charge in [-0.1, -0.05) is 0 Å². The van der Waals surface area contributed by atoms with Gasteiger partial charge in [-0.05, 0) is 75.1 Å². The van der Waals surface area contributed by atoms with Crippen molar-refractivity contribution in [1.29, 1.82) is 0 Å². The van der Waals surface area contributed by atoms with Gasteiger partial charge >= 0.3 is 0 Å². The highest BCUT2D eigenvalue weighted by Crippen LogP contribution is 2.30. The summed E-state index contributed by atoms with van der Waals surface area (Å²) < 4.78 is 37.8. The van der Waals surface area contributed by atoms with E-state index < -0.39 is 10.0 Å². The van der Waals surface area contributed by atoms with E-state index in [9.17, 15) is 13.2 Å². The zero-order valence-corrected chi connectivity index (χ0v) is 18.4. The summed E-state index contributed by atoms with van der Waals surface area (Å²) in [5.41, 5.74) is 0.829. The number of amides is 1. The maximum Gasteiger partial charge on any atom is 0.255 e. The van der Waals surface area contributed by atoms with Gasteiger partial charge in [-0.3, -0.25) is 4.79 Å². The summed E-state index contributed by atoms with van der Waals surface area (Å²) >= 11 is 0. The molecule has 0 aliphatic heterocycles. The largest absolute Gasteiger partial charge is 0.492 e. The van der Waals surface area contributed by atoms with Gasteiger partial charge in [-0.2, -0.15) is 0 Å². The number of benzene rings is 2. The maximum absolute atomic E-state index is 12.6. The van der Waals surface area contributed by atoms with E-state index in [1.807, 2.05) is 0 Å². The number of hydrogen-bond acceptors (Lipinski definition) is 5. The van der Waals surface area contributed by atoms with Crippen molar-refractivity contribution >= 4 is 21.6 Å². The Morgan fingerprint density at radius 2 is 1.77 bits per heavy atom. The normalized spacial score (nSPS) is 14.7. The van der Waals surface area contributed by atoms with Crippen LogP contribution in [-0.2, 0) is 10.0 Å². The molecule has 1 aliphatic rings. The Kier molecular flexibility index (Phi) is 6.99. The van der Waals surface area contributed by atoms with Crippen LogP contribution in [0.5, 0.6) is 11.5 Å². The zero-order chi connectivity index (χ0) is 21.7. The van der Waals surface area contributed by atoms with E-state index in [2.05, 4.69) is 5.32 Å². The molecule has 0 aromatic heterocycles. The molecule has 7 nitrogen and oxygen atoms in total. The maximum atomic E-state index is 12.6. The SMILES string of the molecule is CCOc1ccc(NC(=O)c2ccc(OC3CCCC3)cc2)cc1S(=O)(=O)N(C)C. The quantitative estimate of drug-likeness (QED) is 0.684. The Morgan fingerprint density at radius 3 is 2.37 bits per heavy atom. The van der Waals surface area contributed by atoms with Crippen molar-refractivity contribution in [1.82, 2.24) is 4.31 Å². The molecule has 1 N–H and O–H groups in total. The summed E-state index contributed by atoms with van der Waals surface area (Å²) in [6.07, 6.45) is 4.78. The molecule has 3 rings (SSSR count). The molecule has 2 aromatic carbocycles. The minimum Gasteiger partial charge on any atom is -0.492 e. The first-order valence-corrected chi connectivity index (χ1v) is 11.5. The first-order chi connectivity index (χ1) is 14.3. The summed E-state index contributed by atoms with van der Waals surface area (Å²) in [7, 11) is -0.830. The number of nitrogens with zero attached hydrogens (tertiary/aromatic N) is 1. The molecule has 8 heteroatoms. The Bertz CT molecular complexity index is 981. The summed E-state index contributed by atoms with van der Waals surface area (Å²) in [5, 5.41) is 2.75. The van der Waals surface area contributed by atoms with Gasteiger partial charge in [0.2, 0.25) is 10.0 Å². The highest BCUT2D eigenvalue weighted by molar-refractivity contribution is 7.89. The second-order valence-electron chi connectivity index (χ2n) is 7.38. The highest BCUT2D eigenvalue weighted by Gasteiger charge is 2.23. The second kappa shape index (κ2) is 9.49. The molecule has 0 atom stereocenters. The molecule has 1 fully saturated rings. The molecule has 0 radical (unpaired) electrons. The number of nitrogens with one attached hydrogen (secondary N) is 1. The Labute approximate surface area is 178 Å². The van der Waals surface area contributed by atoms with Crippen LogP contribution in [0, 0.1) is 0 Å². The van der Waals surface area contributed by atoms with E-state index in [1.54, 1.807) is 43.3 Å². The third kappa shape index (κ3) is 5.12. The van der Waals surface area contributed by atoms with Gasteiger partial charge in [-0.15, -0.1) is 0 Å².